The number of ether oxygens (including phenoxy) is 1. The number of methoxy groups -OCH3 is 1. The van der Waals surface area contributed by atoms with E-state index < -0.39 is 11.2 Å². The molecule has 3 aromatic heterocycles. The van der Waals surface area contributed by atoms with Crippen molar-refractivity contribution in [1.82, 2.24) is 35.2 Å². The SMILES string of the molecule is COc1ncc(C(=O)CC2(C(=O)CC3CCc4cc(-c5cc(Cl)cc(F)c5-c5nnn(C)n5)cnc43)CC2)cn1. The van der Waals surface area contributed by atoms with E-state index in [9.17, 15) is 9.59 Å². The molecular formula is C28H25ClFN7O3. The largest absolute Gasteiger partial charge is 0.467 e. The van der Waals surface area contributed by atoms with Crippen LogP contribution < -0.4 is 4.74 Å². The van der Waals surface area contributed by atoms with E-state index in [1.165, 1.54) is 30.4 Å². The third kappa shape index (κ3) is 4.85. The van der Waals surface area contributed by atoms with Crippen molar-refractivity contribution in [3.8, 4) is 28.5 Å². The first-order chi connectivity index (χ1) is 19.3. The molecule has 1 atom stereocenters. The van der Waals surface area contributed by atoms with Gasteiger partial charge < -0.3 is 4.74 Å². The first-order valence-corrected chi connectivity index (χ1v) is 13.3. The van der Waals surface area contributed by atoms with E-state index in [0.717, 1.165) is 24.1 Å². The normalized spacial score (nSPS) is 16.9. The highest BCUT2D eigenvalue weighted by molar-refractivity contribution is 6.31. The van der Waals surface area contributed by atoms with Crippen LogP contribution in [0.2, 0.25) is 5.02 Å². The molecule has 1 fully saturated rings. The number of pyridine rings is 1. The van der Waals surface area contributed by atoms with E-state index in [1.54, 1.807) is 19.3 Å². The lowest BCUT2D eigenvalue weighted by Crippen LogP contribution is -2.22. The number of Topliss-reactive ketones (excluding diaryl/α,β-unsaturated/α-hetero) is 2. The maximum absolute atomic E-state index is 15.0. The number of rotatable bonds is 9. The average Bonchev–Trinajstić information content (AvgIpc) is 3.43. The molecule has 0 aliphatic heterocycles. The first-order valence-electron chi connectivity index (χ1n) is 12.9. The van der Waals surface area contributed by atoms with Crippen molar-refractivity contribution in [1.29, 1.82) is 0 Å². The van der Waals surface area contributed by atoms with Crippen LogP contribution in [-0.2, 0) is 18.3 Å². The summed E-state index contributed by atoms with van der Waals surface area (Å²) in [5.41, 5.74) is 3.01. The Morgan fingerprint density at radius 3 is 2.60 bits per heavy atom. The lowest BCUT2D eigenvalue weighted by atomic mass is 9.86. The second-order valence-electron chi connectivity index (χ2n) is 10.4. The highest BCUT2D eigenvalue weighted by Crippen LogP contribution is 2.52. The minimum Gasteiger partial charge on any atom is -0.467 e. The average molecular weight is 562 g/mol. The van der Waals surface area contributed by atoms with Gasteiger partial charge in [-0.2, -0.15) is 4.80 Å². The third-order valence-electron chi connectivity index (χ3n) is 7.76. The fourth-order valence-corrected chi connectivity index (χ4v) is 5.64. The molecular weight excluding hydrogens is 537 g/mol. The molecule has 204 valence electrons. The Morgan fingerprint density at radius 2 is 1.93 bits per heavy atom. The maximum Gasteiger partial charge on any atom is 0.316 e. The van der Waals surface area contributed by atoms with Crippen LogP contribution in [0.25, 0.3) is 22.5 Å². The quantitative estimate of drug-likeness (QED) is 0.270. The third-order valence-corrected chi connectivity index (χ3v) is 7.97. The zero-order valence-electron chi connectivity index (χ0n) is 21.9. The predicted molar refractivity (Wildman–Crippen MR) is 142 cm³/mol. The first kappa shape index (κ1) is 26.1. The molecule has 0 N–H and O–H groups in total. The van der Waals surface area contributed by atoms with Crippen LogP contribution >= 0.6 is 11.6 Å². The Hall–Kier alpha value is -4.12. The van der Waals surface area contributed by atoms with Gasteiger partial charge in [0.1, 0.15) is 11.6 Å². The minimum absolute atomic E-state index is 0.0364. The fraction of sp³-hybridized carbons (Fsp3) is 0.357. The summed E-state index contributed by atoms with van der Waals surface area (Å²) in [5.74, 6) is -0.492. The van der Waals surface area contributed by atoms with Gasteiger partial charge in [-0.3, -0.25) is 14.6 Å². The molecule has 40 heavy (non-hydrogen) atoms. The van der Waals surface area contributed by atoms with E-state index in [1.807, 2.05) is 6.07 Å². The van der Waals surface area contributed by atoms with Crippen LogP contribution in [0.1, 0.15) is 59.6 Å². The smallest absolute Gasteiger partial charge is 0.316 e. The van der Waals surface area contributed by atoms with Crippen molar-refractivity contribution in [2.24, 2.45) is 12.5 Å². The van der Waals surface area contributed by atoms with Crippen molar-refractivity contribution in [3.05, 3.63) is 64.5 Å². The number of tetrazole rings is 1. The lowest BCUT2D eigenvalue weighted by molar-refractivity contribution is -0.124. The summed E-state index contributed by atoms with van der Waals surface area (Å²) in [6.07, 6.45) is 7.91. The van der Waals surface area contributed by atoms with Gasteiger partial charge in [-0.1, -0.05) is 11.6 Å². The molecule has 10 nitrogen and oxygen atoms in total. The number of ketones is 2. The van der Waals surface area contributed by atoms with Gasteiger partial charge in [0.2, 0.25) is 5.82 Å². The van der Waals surface area contributed by atoms with E-state index in [-0.39, 0.29) is 46.3 Å². The minimum atomic E-state index is -0.628. The summed E-state index contributed by atoms with van der Waals surface area (Å²) in [5, 5.41) is 12.2. The topological polar surface area (TPSA) is 126 Å². The zero-order valence-corrected chi connectivity index (χ0v) is 22.7. The van der Waals surface area contributed by atoms with Crippen molar-refractivity contribution in [2.45, 2.75) is 44.4 Å². The summed E-state index contributed by atoms with van der Waals surface area (Å²) >= 11 is 6.20. The van der Waals surface area contributed by atoms with Gasteiger partial charge in [-0.05, 0) is 60.2 Å². The number of benzene rings is 1. The molecule has 0 spiro atoms. The molecule has 1 unspecified atom stereocenters. The molecule has 3 heterocycles. The van der Waals surface area contributed by atoms with Gasteiger partial charge >= 0.3 is 6.01 Å². The number of hydrogen-bond acceptors (Lipinski definition) is 9. The van der Waals surface area contributed by atoms with Gasteiger partial charge in [0, 0.05) is 59.0 Å². The Kier molecular flexibility index (Phi) is 6.61. The number of aryl methyl sites for hydroxylation is 2. The molecule has 6 rings (SSSR count). The summed E-state index contributed by atoms with van der Waals surface area (Å²) in [6.45, 7) is 0. The van der Waals surface area contributed by atoms with Crippen molar-refractivity contribution >= 4 is 23.2 Å². The predicted octanol–water partition coefficient (Wildman–Crippen LogP) is 4.57. The molecule has 2 aliphatic carbocycles. The van der Waals surface area contributed by atoms with Crippen LogP contribution in [-0.4, -0.2) is 53.8 Å². The van der Waals surface area contributed by atoms with Gasteiger partial charge in [-0.25, -0.2) is 14.4 Å². The van der Waals surface area contributed by atoms with Crippen LogP contribution in [0.5, 0.6) is 6.01 Å². The van der Waals surface area contributed by atoms with Crippen LogP contribution in [0.15, 0.2) is 36.8 Å². The highest BCUT2D eigenvalue weighted by Gasteiger charge is 2.51. The standard InChI is InChI=1S/C28H25ClFN7O3/c1-37-35-26(34-36-37)24-20(9-19(29)10-21(24)30)17-7-15-3-4-16(25(15)31-12-17)8-23(39)28(5-6-28)11-22(38)18-13-32-27(40-2)33-14-18/h7,9-10,12-14,16H,3-6,8,11H2,1-2H3. The van der Waals surface area contributed by atoms with Crippen molar-refractivity contribution in [2.75, 3.05) is 7.11 Å². The van der Waals surface area contributed by atoms with E-state index in [4.69, 9.17) is 21.3 Å². The molecule has 0 amide bonds. The summed E-state index contributed by atoms with van der Waals surface area (Å²) in [4.78, 5) is 40.3. The second-order valence-corrected chi connectivity index (χ2v) is 10.8. The Morgan fingerprint density at radius 1 is 1.15 bits per heavy atom. The van der Waals surface area contributed by atoms with E-state index >= 15 is 4.39 Å². The van der Waals surface area contributed by atoms with Gasteiger partial charge in [-0.15, -0.1) is 10.2 Å². The number of carbonyl (C=O) groups excluding carboxylic acids is 2. The highest BCUT2D eigenvalue weighted by atomic mass is 35.5. The molecule has 2 aliphatic rings. The molecule has 1 saturated carbocycles. The van der Waals surface area contributed by atoms with Crippen LogP contribution in [0.3, 0.4) is 0 Å². The van der Waals surface area contributed by atoms with Gasteiger partial charge in [0.05, 0.1) is 25.3 Å². The van der Waals surface area contributed by atoms with Gasteiger partial charge in [0.15, 0.2) is 5.78 Å². The monoisotopic (exact) mass is 561 g/mol. The molecule has 1 aromatic carbocycles. The molecule has 0 radical (unpaired) electrons. The Labute approximate surface area is 234 Å². The summed E-state index contributed by atoms with van der Waals surface area (Å²) in [6, 6.07) is 5.04. The molecule has 12 heteroatoms. The number of carbonyl (C=O) groups is 2. The lowest BCUT2D eigenvalue weighted by Gasteiger charge is -2.17. The summed E-state index contributed by atoms with van der Waals surface area (Å²) < 4.78 is 20.0. The molecule has 0 saturated heterocycles. The number of halogens is 2. The number of aromatic nitrogens is 7. The van der Waals surface area contributed by atoms with Crippen LogP contribution in [0.4, 0.5) is 4.39 Å². The number of hydrogen-bond donors (Lipinski definition) is 0. The molecule has 4 aromatic rings. The van der Waals surface area contributed by atoms with Gasteiger partial charge in [0.25, 0.3) is 0 Å². The summed E-state index contributed by atoms with van der Waals surface area (Å²) in [7, 11) is 3.06. The van der Waals surface area contributed by atoms with Crippen molar-refractivity contribution in [3.63, 3.8) is 0 Å². The van der Waals surface area contributed by atoms with E-state index in [0.29, 0.717) is 36.0 Å². The number of fused-ring (bicyclic) bond motifs is 1. The Balaban J connectivity index is 1.20. The van der Waals surface area contributed by atoms with Crippen molar-refractivity contribution < 1.29 is 18.7 Å². The zero-order chi connectivity index (χ0) is 28.0. The fourth-order valence-electron chi connectivity index (χ4n) is 5.43. The van der Waals surface area contributed by atoms with E-state index in [2.05, 4.69) is 25.4 Å². The maximum atomic E-state index is 15.0. The van der Waals surface area contributed by atoms with Crippen LogP contribution in [0, 0.1) is 11.2 Å². The number of nitrogens with zero attached hydrogens (tertiary/aromatic N) is 7. The molecule has 0 bridgehead atoms. The Bertz CT molecular complexity index is 1640. The second kappa shape index (κ2) is 10.1.